The second-order valence-corrected chi connectivity index (χ2v) is 7.63. The predicted octanol–water partition coefficient (Wildman–Crippen LogP) is 2.69. The van der Waals surface area contributed by atoms with E-state index in [1.807, 2.05) is 18.4 Å². The van der Waals surface area contributed by atoms with E-state index in [1.165, 1.54) is 6.33 Å². The summed E-state index contributed by atoms with van der Waals surface area (Å²) in [5.74, 6) is 0.392. The summed E-state index contributed by atoms with van der Waals surface area (Å²) in [6.07, 6.45) is 1.52. The van der Waals surface area contributed by atoms with Gasteiger partial charge >= 0.3 is 14.2 Å². The molecule has 3 atom stereocenters. The van der Waals surface area contributed by atoms with Gasteiger partial charge in [-0.1, -0.05) is 6.92 Å². The predicted molar refractivity (Wildman–Crippen MR) is 101 cm³/mol. The summed E-state index contributed by atoms with van der Waals surface area (Å²) >= 11 is 0. The van der Waals surface area contributed by atoms with Gasteiger partial charge in [0.15, 0.2) is 11.5 Å². The first-order valence-electron chi connectivity index (χ1n) is 8.71. The zero-order valence-corrected chi connectivity index (χ0v) is 17.2. The van der Waals surface area contributed by atoms with Gasteiger partial charge in [-0.25, -0.2) is 19.7 Å². The van der Waals surface area contributed by atoms with Crippen molar-refractivity contribution in [3.05, 3.63) is 12.7 Å². The Morgan fingerprint density at radius 2 is 2.00 bits per heavy atom. The molecule has 0 amide bonds. The van der Waals surface area contributed by atoms with Gasteiger partial charge in [0.25, 0.3) is 6.35 Å². The van der Waals surface area contributed by atoms with Crippen LogP contribution in [-0.4, -0.2) is 51.0 Å². The second-order valence-electron chi connectivity index (χ2n) is 6.45. The van der Waals surface area contributed by atoms with Crippen molar-refractivity contribution in [3.63, 3.8) is 0 Å². The first-order chi connectivity index (χ1) is 13.3. The van der Waals surface area contributed by atoms with Crippen molar-refractivity contribution >= 4 is 31.2 Å². The van der Waals surface area contributed by atoms with Gasteiger partial charge in [0, 0.05) is 12.5 Å². The van der Waals surface area contributed by atoms with Crippen molar-refractivity contribution in [2.24, 2.45) is 5.92 Å². The summed E-state index contributed by atoms with van der Waals surface area (Å²) in [6.45, 7) is 7.35. The molecule has 12 heteroatoms. The number of ether oxygens (including phenoxy) is 3. The lowest BCUT2D eigenvalue weighted by atomic mass is 10.1. The molecule has 0 aromatic carbocycles. The lowest BCUT2D eigenvalue weighted by Crippen LogP contribution is -2.22. The van der Waals surface area contributed by atoms with Crippen molar-refractivity contribution in [1.29, 1.82) is 0 Å². The SMILES string of the molecule is CC(C)OC(=O)OCO[P+](=O)CO[C@H](C)C(C)Cn1cnc2c(N)ncnc21. The van der Waals surface area contributed by atoms with Crippen molar-refractivity contribution in [2.75, 3.05) is 18.9 Å². The minimum Gasteiger partial charge on any atom is -0.432 e. The fraction of sp³-hybridized carbons (Fsp3) is 0.625. The maximum absolute atomic E-state index is 11.8. The third-order valence-electron chi connectivity index (χ3n) is 3.86. The fourth-order valence-electron chi connectivity index (χ4n) is 2.23. The molecule has 2 aromatic heterocycles. The number of nitrogens with two attached hydrogens (primary N) is 1. The van der Waals surface area contributed by atoms with E-state index in [1.54, 1.807) is 20.2 Å². The van der Waals surface area contributed by atoms with Crippen LogP contribution >= 0.6 is 8.03 Å². The molecule has 11 nitrogen and oxygen atoms in total. The van der Waals surface area contributed by atoms with Crippen molar-refractivity contribution in [3.8, 4) is 0 Å². The zero-order valence-electron chi connectivity index (χ0n) is 16.3. The van der Waals surface area contributed by atoms with Gasteiger partial charge < -0.3 is 24.5 Å². The van der Waals surface area contributed by atoms with E-state index in [4.69, 9.17) is 19.7 Å². The van der Waals surface area contributed by atoms with Crippen LogP contribution in [0.3, 0.4) is 0 Å². The number of anilines is 1. The Morgan fingerprint density at radius 1 is 1.25 bits per heavy atom. The highest BCUT2D eigenvalue weighted by molar-refractivity contribution is 7.38. The largest absolute Gasteiger partial charge is 0.540 e. The van der Waals surface area contributed by atoms with Crippen LogP contribution in [0.4, 0.5) is 10.6 Å². The molecule has 2 rings (SSSR count). The minimum atomic E-state index is -2.13. The molecule has 154 valence electrons. The molecule has 2 aromatic rings. The summed E-state index contributed by atoms with van der Waals surface area (Å²) in [4.78, 5) is 23.5. The highest BCUT2D eigenvalue weighted by atomic mass is 31.1. The van der Waals surface area contributed by atoms with Crippen LogP contribution < -0.4 is 5.73 Å². The zero-order chi connectivity index (χ0) is 20.7. The molecule has 2 heterocycles. The van der Waals surface area contributed by atoms with E-state index in [2.05, 4.69) is 19.7 Å². The normalized spacial score (nSPS) is 14.1. The second kappa shape index (κ2) is 10.3. The Morgan fingerprint density at radius 3 is 2.71 bits per heavy atom. The van der Waals surface area contributed by atoms with E-state index < -0.39 is 21.0 Å². The molecule has 0 saturated heterocycles. The molecule has 0 aliphatic rings. The Balaban J connectivity index is 1.74. The number of nitrogens with zero attached hydrogens (tertiary/aromatic N) is 4. The third-order valence-corrected chi connectivity index (χ3v) is 4.62. The standard InChI is InChI=1S/C16H25N5O6P/c1-10(2)27-16(22)24-8-26-28(23)9-25-12(4)11(3)5-21-7-20-13-14(17)18-6-19-15(13)21/h6-7,10-12H,5,8-9H2,1-4H3,(H2,17,18,19)/q+1/t11?,12-/m1/s1. The summed E-state index contributed by atoms with van der Waals surface area (Å²) in [6, 6.07) is 0. The van der Waals surface area contributed by atoms with Crippen LogP contribution in [0.25, 0.3) is 11.2 Å². The van der Waals surface area contributed by atoms with Crippen LogP contribution in [-0.2, 0) is 29.8 Å². The van der Waals surface area contributed by atoms with Gasteiger partial charge in [-0.15, -0.1) is 4.52 Å². The monoisotopic (exact) mass is 414 g/mol. The summed E-state index contributed by atoms with van der Waals surface area (Å²) in [5, 5.41) is 0. The highest BCUT2D eigenvalue weighted by Gasteiger charge is 2.24. The first kappa shape index (κ1) is 21.9. The van der Waals surface area contributed by atoms with Crippen molar-refractivity contribution < 1.29 is 28.1 Å². The number of carbonyl (C=O) groups is 1. The Labute approximate surface area is 163 Å². The molecule has 0 bridgehead atoms. The first-order valence-corrected chi connectivity index (χ1v) is 10.1. The van der Waals surface area contributed by atoms with E-state index in [-0.39, 0.29) is 24.5 Å². The smallest absolute Gasteiger partial charge is 0.432 e. The molecule has 0 fully saturated rings. The van der Waals surface area contributed by atoms with E-state index >= 15 is 0 Å². The van der Waals surface area contributed by atoms with Gasteiger partial charge in [0.1, 0.15) is 11.8 Å². The molecule has 0 radical (unpaired) electrons. The third kappa shape index (κ3) is 6.36. The van der Waals surface area contributed by atoms with Gasteiger partial charge in [-0.3, -0.25) is 0 Å². The molecule has 0 spiro atoms. The van der Waals surface area contributed by atoms with Crippen LogP contribution in [0.2, 0.25) is 0 Å². The van der Waals surface area contributed by atoms with Crippen LogP contribution in [0.5, 0.6) is 0 Å². The van der Waals surface area contributed by atoms with Crippen molar-refractivity contribution in [2.45, 2.75) is 46.4 Å². The number of hydrogen-bond acceptors (Lipinski definition) is 10. The molecule has 0 aliphatic carbocycles. The van der Waals surface area contributed by atoms with E-state index in [9.17, 15) is 9.36 Å². The molecule has 2 N–H and O–H groups in total. The molecule has 28 heavy (non-hydrogen) atoms. The maximum atomic E-state index is 11.8. The number of imidazole rings is 1. The molecule has 2 unspecified atom stereocenters. The summed E-state index contributed by atoms with van der Waals surface area (Å²) in [7, 11) is -2.13. The van der Waals surface area contributed by atoms with Crippen LogP contribution in [0.1, 0.15) is 27.7 Å². The van der Waals surface area contributed by atoms with E-state index in [0.29, 0.717) is 23.5 Å². The van der Waals surface area contributed by atoms with Crippen LogP contribution in [0, 0.1) is 5.92 Å². The number of nitrogen functional groups attached to an aromatic ring is 1. The van der Waals surface area contributed by atoms with Gasteiger partial charge in [-0.2, -0.15) is 0 Å². The number of fused-ring (bicyclic) bond motifs is 1. The Bertz CT molecular complexity index is 814. The van der Waals surface area contributed by atoms with Crippen LogP contribution in [0.15, 0.2) is 12.7 Å². The molecule has 0 aliphatic heterocycles. The summed E-state index contributed by atoms with van der Waals surface area (Å²) < 4.78 is 33.6. The Hall–Kier alpha value is -2.36. The number of aromatic nitrogens is 4. The average Bonchev–Trinajstić information content (AvgIpc) is 3.03. The number of rotatable bonds is 10. The lowest BCUT2D eigenvalue weighted by molar-refractivity contribution is -0.00924. The molecular formula is C16H25N5O6P+. The summed E-state index contributed by atoms with van der Waals surface area (Å²) in [5.41, 5.74) is 6.98. The number of hydrogen-bond donors (Lipinski definition) is 1. The molecular weight excluding hydrogens is 389 g/mol. The lowest BCUT2D eigenvalue weighted by Gasteiger charge is -2.18. The maximum Gasteiger partial charge on any atom is 0.540 e. The van der Waals surface area contributed by atoms with E-state index in [0.717, 1.165) is 0 Å². The number of carbonyl (C=O) groups excluding carboxylic acids is 1. The quantitative estimate of drug-likeness (QED) is 0.350. The fourth-order valence-corrected chi connectivity index (χ4v) is 2.83. The average molecular weight is 414 g/mol. The van der Waals surface area contributed by atoms with Gasteiger partial charge in [0.05, 0.1) is 18.5 Å². The van der Waals surface area contributed by atoms with Crippen molar-refractivity contribution in [1.82, 2.24) is 19.5 Å². The topological polar surface area (TPSA) is 141 Å². The molecule has 0 saturated carbocycles. The highest BCUT2D eigenvalue weighted by Crippen LogP contribution is 2.25. The Kier molecular flexibility index (Phi) is 8.04. The van der Waals surface area contributed by atoms with Gasteiger partial charge in [-0.05, 0) is 25.3 Å². The minimum absolute atomic E-state index is 0.0641. The van der Waals surface area contributed by atoms with Gasteiger partial charge in [0.2, 0.25) is 6.79 Å².